The Morgan fingerprint density at radius 3 is 2.71 bits per heavy atom. The number of hydrogen-bond acceptors (Lipinski definition) is 5. The molecule has 21 heavy (non-hydrogen) atoms. The fourth-order valence-electron chi connectivity index (χ4n) is 3.17. The molecule has 2 rings (SSSR count). The number of nitrogens with zero attached hydrogens (tertiary/aromatic N) is 3. The molecule has 1 amide bonds. The summed E-state index contributed by atoms with van der Waals surface area (Å²) in [5.74, 6) is 1.13. The molecule has 1 aromatic rings. The maximum absolute atomic E-state index is 11.5. The van der Waals surface area contributed by atoms with Gasteiger partial charge in [-0.2, -0.15) is 0 Å². The Bertz CT molecular complexity index is 462. The second-order valence-corrected chi connectivity index (χ2v) is 5.49. The summed E-state index contributed by atoms with van der Waals surface area (Å²) in [6.45, 7) is 3.70. The molecule has 2 unspecified atom stereocenters. The molecule has 6 nitrogen and oxygen atoms in total. The summed E-state index contributed by atoms with van der Waals surface area (Å²) in [5.41, 5.74) is 6.27. The van der Waals surface area contributed by atoms with Gasteiger partial charge >= 0.3 is 0 Å². The second-order valence-electron chi connectivity index (χ2n) is 5.49. The molecule has 6 heteroatoms. The molecule has 0 saturated heterocycles. The van der Waals surface area contributed by atoms with Crippen molar-refractivity contribution in [2.45, 2.75) is 38.6 Å². The lowest BCUT2D eigenvalue weighted by molar-refractivity contribution is 0.0957. The molecule has 3 N–H and O–H groups in total. The van der Waals surface area contributed by atoms with Crippen LogP contribution in [0.4, 0.5) is 5.82 Å². The molecule has 2 atom stereocenters. The molecule has 1 saturated carbocycles. The molecule has 0 aromatic carbocycles. The summed E-state index contributed by atoms with van der Waals surface area (Å²) in [6, 6.07) is 4.03. The molecule has 0 spiro atoms. The standard InChI is InChI=1S/C15H25N5O/c1-3-20(13-7-5-4-6-11(13)10-16)14-9-8-12(18-19-14)15(21)17-2/h8-9,11,13H,3-7,10,16H2,1-2H3,(H,17,21). The van der Waals surface area contributed by atoms with Crippen molar-refractivity contribution in [3.8, 4) is 0 Å². The molecular weight excluding hydrogens is 266 g/mol. The smallest absolute Gasteiger partial charge is 0.271 e. The molecule has 0 bridgehead atoms. The number of carbonyl (C=O) groups excluding carboxylic acids is 1. The topological polar surface area (TPSA) is 84.1 Å². The SMILES string of the molecule is CCN(c1ccc(C(=O)NC)nn1)C1CCCCC1CN. The Balaban J connectivity index is 2.18. The summed E-state index contributed by atoms with van der Waals surface area (Å²) < 4.78 is 0. The Morgan fingerprint density at radius 1 is 1.38 bits per heavy atom. The fraction of sp³-hybridized carbons (Fsp3) is 0.667. The van der Waals surface area contributed by atoms with E-state index in [0.29, 0.717) is 24.2 Å². The number of amides is 1. The first-order chi connectivity index (χ1) is 10.2. The zero-order valence-corrected chi connectivity index (χ0v) is 12.9. The molecule has 0 aliphatic heterocycles. The van der Waals surface area contributed by atoms with Gasteiger partial charge in [-0.1, -0.05) is 12.8 Å². The molecule has 1 fully saturated rings. The predicted octanol–water partition coefficient (Wildman–Crippen LogP) is 1.18. The zero-order valence-electron chi connectivity index (χ0n) is 12.9. The lowest BCUT2D eigenvalue weighted by Crippen LogP contribution is -2.45. The van der Waals surface area contributed by atoms with Gasteiger partial charge in [0.15, 0.2) is 11.5 Å². The van der Waals surface area contributed by atoms with Crippen LogP contribution in [0.5, 0.6) is 0 Å². The number of carbonyl (C=O) groups is 1. The maximum Gasteiger partial charge on any atom is 0.271 e. The Morgan fingerprint density at radius 2 is 2.14 bits per heavy atom. The van der Waals surface area contributed by atoms with Gasteiger partial charge in [-0.3, -0.25) is 4.79 Å². The third-order valence-corrected chi connectivity index (χ3v) is 4.32. The number of hydrogen-bond donors (Lipinski definition) is 2. The summed E-state index contributed by atoms with van der Waals surface area (Å²) in [6.07, 6.45) is 4.83. The van der Waals surface area contributed by atoms with Crippen molar-refractivity contribution >= 4 is 11.7 Å². The average Bonchev–Trinajstić information content (AvgIpc) is 2.56. The van der Waals surface area contributed by atoms with E-state index >= 15 is 0 Å². The summed E-state index contributed by atoms with van der Waals surface area (Å²) in [4.78, 5) is 13.8. The van der Waals surface area contributed by atoms with Crippen LogP contribution in [0, 0.1) is 5.92 Å². The lowest BCUT2D eigenvalue weighted by Gasteiger charge is -2.39. The number of rotatable bonds is 5. The highest BCUT2D eigenvalue weighted by Gasteiger charge is 2.29. The Hall–Kier alpha value is -1.69. The van der Waals surface area contributed by atoms with E-state index in [2.05, 4.69) is 27.3 Å². The van der Waals surface area contributed by atoms with E-state index in [0.717, 1.165) is 18.8 Å². The van der Waals surface area contributed by atoms with Crippen molar-refractivity contribution in [2.75, 3.05) is 25.0 Å². The maximum atomic E-state index is 11.5. The largest absolute Gasteiger partial charge is 0.354 e. The minimum Gasteiger partial charge on any atom is -0.354 e. The molecule has 0 radical (unpaired) electrons. The second kappa shape index (κ2) is 7.36. The molecule has 1 aliphatic rings. The third kappa shape index (κ3) is 3.50. The van der Waals surface area contributed by atoms with Gasteiger partial charge in [-0.05, 0) is 44.4 Å². The van der Waals surface area contributed by atoms with Crippen molar-refractivity contribution < 1.29 is 4.79 Å². The van der Waals surface area contributed by atoms with Crippen molar-refractivity contribution in [1.82, 2.24) is 15.5 Å². The minimum absolute atomic E-state index is 0.213. The van der Waals surface area contributed by atoms with Crippen LogP contribution in [0.2, 0.25) is 0 Å². The first-order valence-corrected chi connectivity index (χ1v) is 7.73. The molecule has 1 aromatic heterocycles. The number of anilines is 1. The highest BCUT2D eigenvalue weighted by Crippen LogP contribution is 2.30. The molecule has 1 heterocycles. The number of nitrogens with two attached hydrogens (primary N) is 1. The van der Waals surface area contributed by atoms with E-state index in [-0.39, 0.29) is 5.91 Å². The first kappa shape index (κ1) is 15.7. The van der Waals surface area contributed by atoms with E-state index in [4.69, 9.17) is 5.73 Å². The van der Waals surface area contributed by atoms with Gasteiger partial charge in [0.05, 0.1) is 0 Å². The first-order valence-electron chi connectivity index (χ1n) is 7.73. The quantitative estimate of drug-likeness (QED) is 0.851. The van der Waals surface area contributed by atoms with E-state index in [1.807, 2.05) is 6.07 Å². The van der Waals surface area contributed by atoms with Gasteiger partial charge in [0.25, 0.3) is 5.91 Å². The van der Waals surface area contributed by atoms with Crippen LogP contribution in [0.3, 0.4) is 0 Å². The van der Waals surface area contributed by atoms with E-state index in [1.54, 1.807) is 13.1 Å². The van der Waals surface area contributed by atoms with Gasteiger partial charge in [0.1, 0.15) is 0 Å². The molecule has 116 valence electrons. The lowest BCUT2D eigenvalue weighted by atomic mass is 9.83. The molecule has 1 aliphatic carbocycles. The van der Waals surface area contributed by atoms with Crippen LogP contribution < -0.4 is 16.0 Å². The van der Waals surface area contributed by atoms with Gasteiger partial charge in [0, 0.05) is 19.6 Å². The van der Waals surface area contributed by atoms with Crippen LogP contribution in [0.15, 0.2) is 12.1 Å². The van der Waals surface area contributed by atoms with Crippen LogP contribution in [0.25, 0.3) is 0 Å². The van der Waals surface area contributed by atoms with E-state index in [9.17, 15) is 4.79 Å². The number of aromatic nitrogens is 2. The summed E-state index contributed by atoms with van der Waals surface area (Å²) in [5, 5.41) is 10.8. The van der Waals surface area contributed by atoms with Crippen molar-refractivity contribution in [1.29, 1.82) is 0 Å². The third-order valence-electron chi connectivity index (χ3n) is 4.32. The fourth-order valence-corrected chi connectivity index (χ4v) is 3.17. The van der Waals surface area contributed by atoms with Crippen molar-refractivity contribution in [3.05, 3.63) is 17.8 Å². The van der Waals surface area contributed by atoms with Crippen molar-refractivity contribution in [3.63, 3.8) is 0 Å². The number of nitrogens with one attached hydrogen (secondary N) is 1. The minimum atomic E-state index is -0.213. The van der Waals surface area contributed by atoms with Crippen molar-refractivity contribution in [2.24, 2.45) is 11.7 Å². The van der Waals surface area contributed by atoms with Crippen LogP contribution in [-0.2, 0) is 0 Å². The van der Waals surface area contributed by atoms with Crippen LogP contribution in [-0.4, -0.2) is 42.3 Å². The summed E-state index contributed by atoms with van der Waals surface area (Å²) >= 11 is 0. The molecular formula is C15H25N5O. The Kier molecular flexibility index (Phi) is 5.50. The highest BCUT2D eigenvalue weighted by molar-refractivity contribution is 5.91. The van der Waals surface area contributed by atoms with Crippen LogP contribution in [0.1, 0.15) is 43.1 Å². The summed E-state index contributed by atoms with van der Waals surface area (Å²) in [7, 11) is 1.59. The predicted molar refractivity (Wildman–Crippen MR) is 83.2 cm³/mol. The Labute approximate surface area is 126 Å². The van der Waals surface area contributed by atoms with Gasteiger partial charge in [-0.15, -0.1) is 10.2 Å². The van der Waals surface area contributed by atoms with E-state index in [1.165, 1.54) is 19.3 Å². The van der Waals surface area contributed by atoms with Gasteiger partial charge in [-0.25, -0.2) is 0 Å². The van der Waals surface area contributed by atoms with E-state index < -0.39 is 0 Å². The zero-order chi connectivity index (χ0) is 15.2. The van der Waals surface area contributed by atoms with Crippen LogP contribution >= 0.6 is 0 Å². The average molecular weight is 291 g/mol. The monoisotopic (exact) mass is 291 g/mol. The van der Waals surface area contributed by atoms with Gasteiger partial charge in [0.2, 0.25) is 0 Å². The van der Waals surface area contributed by atoms with Gasteiger partial charge < -0.3 is 16.0 Å². The highest BCUT2D eigenvalue weighted by atomic mass is 16.1. The normalized spacial score (nSPS) is 21.9.